The summed E-state index contributed by atoms with van der Waals surface area (Å²) >= 11 is 0. The number of amides is 1. The molecule has 2 aromatic rings. The average Bonchev–Trinajstić information content (AvgIpc) is 2.52. The second-order valence-electron chi connectivity index (χ2n) is 5.34. The van der Waals surface area contributed by atoms with Crippen molar-refractivity contribution in [2.45, 2.75) is 20.0 Å². The largest absolute Gasteiger partial charge is 0.387 e. The monoisotopic (exact) mass is 314 g/mol. The molecule has 0 aliphatic rings. The second-order valence-corrected chi connectivity index (χ2v) is 5.34. The Morgan fingerprint density at radius 3 is 2.52 bits per heavy atom. The molecule has 0 bridgehead atoms. The van der Waals surface area contributed by atoms with E-state index in [1.165, 1.54) is 18.2 Å². The van der Waals surface area contributed by atoms with E-state index >= 15 is 0 Å². The third kappa shape index (κ3) is 3.92. The molecule has 2 aromatic carbocycles. The van der Waals surface area contributed by atoms with Crippen LogP contribution in [0.15, 0.2) is 42.5 Å². The smallest absolute Gasteiger partial charge is 0.272 e. The summed E-state index contributed by atoms with van der Waals surface area (Å²) in [4.78, 5) is 22.4. The molecule has 120 valence electrons. The van der Waals surface area contributed by atoms with Crippen LogP contribution in [0.4, 0.5) is 5.69 Å². The third-order valence-electron chi connectivity index (χ3n) is 3.66. The van der Waals surface area contributed by atoms with Crippen molar-refractivity contribution < 1.29 is 14.8 Å². The number of aliphatic hydroxyl groups excluding tert-OH is 1. The summed E-state index contributed by atoms with van der Waals surface area (Å²) in [5.41, 5.74) is 2.42. The highest BCUT2D eigenvalue weighted by Crippen LogP contribution is 2.19. The second kappa shape index (κ2) is 7.02. The zero-order chi connectivity index (χ0) is 17.0. The van der Waals surface area contributed by atoms with Crippen LogP contribution >= 0.6 is 0 Å². The van der Waals surface area contributed by atoms with Crippen molar-refractivity contribution in [1.29, 1.82) is 0 Å². The van der Waals surface area contributed by atoms with Crippen LogP contribution in [-0.4, -0.2) is 22.5 Å². The van der Waals surface area contributed by atoms with Gasteiger partial charge in [0.25, 0.3) is 11.6 Å². The van der Waals surface area contributed by atoms with Crippen molar-refractivity contribution in [3.8, 4) is 0 Å². The van der Waals surface area contributed by atoms with Crippen LogP contribution in [0.3, 0.4) is 0 Å². The van der Waals surface area contributed by atoms with E-state index in [-0.39, 0.29) is 18.1 Å². The van der Waals surface area contributed by atoms with Gasteiger partial charge in [-0.1, -0.05) is 24.3 Å². The lowest BCUT2D eigenvalue weighted by molar-refractivity contribution is -0.385. The van der Waals surface area contributed by atoms with Crippen molar-refractivity contribution in [2.75, 3.05) is 6.54 Å². The van der Waals surface area contributed by atoms with E-state index in [4.69, 9.17) is 0 Å². The molecule has 6 heteroatoms. The van der Waals surface area contributed by atoms with Gasteiger partial charge in [0.05, 0.1) is 11.0 Å². The molecule has 0 saturated carbocycles. The lowest BCUT2D eigenvalue weighted by Crippen LogP contribution is -2.28. The number of carbonyl (C=O) groups excluding carboxylic acids is 1. The fourth-order valence-electron chi connectivity index (χ4n) is 2.36. The highest BCUT2D eigenvalue weighted by molar-refractivity contribution is 5.94. The predicted octanol–water partition coefficient (Wildman–Crippen LogP) is 2.68. The Labute approximate surface area is 133 Å². The first kappa shape index (κ1) is 16.6. The molecule has 0 spiro atoms. The van der Waals surface area contributed by atoms with E-state index in [1.807, 2.05) is 31.2 Å². The number of nitrogens with zero attached hydrogens (tertiary/aromatic N) is 1. The normalized spacial score (nSPS) is 11.8. The van der Waals surface area contributed by atoms with Crippen LogP contribution in [0.25, 0.3) is 0 Å². The summed E-state index contributed by atoms with van der Waals surface area (Å²) in [7, 11) is 0. The molecule has 0 fully saturated rings. The summed E-state index contributed by atoms with van der Waals surface area (Å²) in [6, 6.07) is 11.6. The maximum Gasteiger partial charge on any atom is 0.272 e. The number of nitro benzene ring substituents is 1. The minimum atomic E-state index is -0.806. The van der Waals surface area contributed by atoms with Crippen molar-refractivity contribution in [3.05, 3.63) is 74.8 Å². The van der Waals surface area contributed by atoms with Crippen molar-refractivity contribution in [3.63, 3.8) is 0 Å². The Morgan fingerprint density at radius 1 is 1.22 bits per heavy atom. The molecule has 6 nitrogen and oxygen atoms in total. The van der Waals surface area contributed by atoms with Gasteiger partial charge < -0.3 is 10.4 Å². The highest BCUT2D eigenvalue weighted by atomic mass is 16.6. The van der Waals surface area contributed by atoms with E-state index < -0.39 is 11.0 Å². The molecular weight excluding hydrogens is 296 g/mol. The number of nitrogens with one attached hydrogen (secondary N) is 1. The maximum absolute atomic E-state index is 12.1. The Hall–Kier alpha value is -2.73. The van der Waals surface area contributed by atoms with Crippen molar-refractivity contribution in [1.82, 2.24) is 5.32 Å². The average molecular weight is 314 g/mol. The molecule has 0 aliphatic carbocycles. The molecule has 0 heterocycles. The van der Waals surface area contributed by atoms with Crippen LogP contribution in [0.1, 0.15) is 33.2 Å². The van der Waals surface area contributed by atoms with Gasteiger partial charge in [0.15, 0.2) is 0 Å². The number of carbonyl (C=O) groups is 1. The van der Waals surface area contributed by atoms with Crippen LogP contribution in [0.2, 0.25) is 0 Å². The molecule has 0 saturated heterocycles. The van der Waals surface area contributed by atoms with E-state index in [0.717, 1.165) is 11.1 Å². The molecule has 2 N–H and O–H groups in total. The SMILES string of the molecule is Cc1ccccc1C(O)CNC(=O)c1ccc([N+](=O)[O-])c(C)c1. The van der Waals surface area contributed by atoms with Gasteiger partial charge in [-0.3, -0.25) is 14.9 Å². The minimum absolute atomic E-state index is 0.0264. The van der Waals surface area contributed by atoms with Gasteiger partial charge in [-0.25, -0.2) is 0 Å². The molecule has 0 aromatic heterocycles. The summed E-state index contributed by atoms with van der Waals surface area (Å²) in [5, 5.41) is 23.6. The van der Waals surface area contributed by atoms with Crippen molar-refractivity contribution in [2.24, 2.45) is 0 Å². The van der Waals surface area contributed by atoms with Gasteiger partial charge in [0.2, 0.25) is 0 Å². The molecule has 23 heavy (non-hydrogen) atoms. The quantitative estimate of drug-likeness (QED) is 0.655. The van der Waals surface area contributed by atoms with Gasteiger partial charge in [0, 0.05) is 23.7 Å². The highest BCUT2D eigenvalue weighted by Gasteiger charge is 2.15. The van der Waals surface area contributed by atoms with Crippen LogP contribution in [0.5, 0.6) is 0 Å². The molecule has 0 radical (unpaired) electrons. The number of benzene rings is 2. The maximum atomic E-state index is 12.1. The zero-order valence-electron chi connectivity index (χ0n) is 12.9. The standard InChI is InChI=1S/C17H18N2O4/c1-11-5-3-4-6-14(11)16(20)10-18-17(21)13-7-8-15(19(22)23)12(2)9-13/h3-9,16,20H,10H2,1-2H3,(H,18,21). The molecule has 1 atom stereocenters. The number of rotatable bonds is 5. The fraction of sp³-hybridized carbons (Fsp3) is 0.235. The van der Waals surface area contributed by atoms with E-state index in [2.05, 4.69) is 5.32 Å². The molecule has 0 aliphatic heterocycles. The molecule has 1 amide bonds. The Morgan fingerprint density at radius 2 is 1.91 bits per heavy atom. The van der Waals surface area contributed by atoms with Gasteiger partial charge >= 0.3 is 0 Å². The van der Waals surface area contributed by atoms with Gasteiger partial charge in [-0.15, -0.1) is 0 Å². The third-order valence-corrected chi connectivity index (χ3v) is 3.66. The minimum Gasteiger partial charge on any atom is -0.387 e. The van der Waals surface area contributed by atoms with E-state index in [1.54, 1.807) is 6.92 Å². The van der Waals surface area contributed by atoms with Crippen LogP contribution in [-0.2, 0) is 0 Å². The van der Waals surface area contributed by atoms with E-state index in [9.17, 15) is 20.0 Å². The first-order valence-corrected chi connectivity index (χ1v) is 7.17. The number of nitro groups is 1. The van der Waals surface area contributed by atoms with Gasteiger partial charge in [-0.2, -0.15) is 0 Å². The van der Waals surface area contributed by atoms with E-state index in [0.29, 0.717) is 11.1 Å². The summed E-state index contributed by atoms with van der Waals surface area (Å²) in [6.45, 7) is 3.54. The first-order valence-electron chi connectivity index (χ1n) is 7.17. The zero-order valence-corrected chi connectivity index (χ0v) is 12.9. The Kier molecular flexibility index (Phi) is 5.08. The Balaban J connectivity index is 2.04. The summed E-state index contributed by atoms with van der Waals surface area (Å²) in [6.07, 6.45) is -0.806. The lowest BCUT2D eigenvalue weighted by Gasteiger charge is -2.14. The summed E-state index contributed by atoms with van der Waals surface area (Å²) in [5.74, 6) is -0.379. The van der Waals surface area contributed by atoms with Gasteiger partial charge in [-0.05, 0) is 37.1 Å². The first-order chi connectivity index (χ1) is 10.9. The topological polar surface area (TPSA) is 92.5 Å². The summed E-state index contributed by atoms with van der Waals surface area (Å²) < 4.78 is 0. The molecular formula is C17H18N2O4. The fourth-order valence-corrected chi connectivity index (χ4v) is 2.36. The van der Waals surface area contributed by atoms with Gasteiger partial charge in [0.1, 0.15) is 0 Å². The van der Waals surface area contributed by atoms with Crippen LogP contribution < -0.4 is 5.32 Å². The number of hydrogen-bond acceptors (Lipinski definition) is 4. The number of hydrogen-bond donors (Lipinski definition) is 2. The predicted molar refractivity (Wildman–Crippen MR) is 86.3 cm³/mol. The number of aryl methyl sites for hydroxylation is 2. The lowest BCUT2D eigenvalue weighted by atomic mass is 10.0. The molecule has 1 unspecified atom stereocenters. The van der Waals surface area contributed by atoms with Crippen LogP contribution in [0, 0.1) is 24.0 Å². The Bertz CT molecular complexity index is 743. The number of aliphatic hydroxyl groups is 1. The van der Waals surface area contributed by atoms with Crippen molar-refractivity contribution >= 4 is 11.6 Å². The molecule has 2 rings (SSSR count).